The highest BCUT2D eigenvalue weighted by molar-refractivity contribution is 14.1. The highest BCUT2D eigenvalue weighted by Gasteiger charge is 2.06. The number of aldehydes is 1. The highest BCUT2D eigenvalue weighted by Crippen LogP contribution is 2.27. The van der Waals surface area contributed by atoms with Crippen molar-refractivity contribution in [3.8, 4) is 17.2 Å². The fourth-order valence-electron chi connectivity index (χ4n) is 1.90. The van der Waals surface area contributed by atoms with Crippen molar-refractivity contribution in [3.05, 3.63) is 51.1 Å². The van der Waals surface area contributed by atoms with Crippen LogP contribution in [0.5, 0.6) is 17.2 Å². The summed E-state index contributed by atoms with van der Waals surface area (Å²) in [7, 11) is 1.54. The van der Waals surface area contributed by atoms with E-state index >= 15 is 0 Å². The normalized spacial score (nSPS) is 10.1. The predicted octanol–water partition coefficient (Wildman–Crippen LogP) is 3.88. The molecule has 0 aliphatic carbocycles. The third-order valence-corrected chi connectivity index (χ3v) is 3.85. The summed E-state index contributed by atoms with van der Waals surface area (Å²) in [5, 5.41) is 0. The average molecular weight is 412 g/mol. The van der Waals surface area contributed by atoms with E-state index in [9.17, 15) is 4.79 Å². The predicted molar refractivity (Wildman–Crippen MR) is 93.3 cm³/mol. The van der Waals surface area contributed by atoms with Gasteiger partial charge in [-0.15, -0.1) is 0 Å². The fourth-order valence-corrected chi connectivity index (χ4v) is 2.73. The van der Waals surface area contributed by atoms with Crippen molar-refractivity contribution in [2.24, 2.45) is 0 Å². The molecule has 0 bridgehead atoms. The molecular formula is C17H17IO4. The van der Waals surface area contributed by atoms with Gasteiger partial charge < -0.3 is 14.2 Å². The standard InChI is InChI=1S/C17H17IO4/c1-12-3-5-15(14(18)9-12)21-7-8-22-16-6-4-13(11-19)10-17(16)20-2/h3-6,9-11H,7-8H2,1-2H3. The first kappa shape index (κ1) is 16.6. The summed E-state index contributed by atoms with van der Waals surface area (Å²) in [6.45, 7) is 2.86. The van der Waals surface area contributed by atoms with Gasteiger partial charge in [0.15, 0.2) is 11.5 Å². The summed E-state index contributed by atoms with van der Waals surface area (Å²) in [5.41, 5.74) is 1.75. The Morgan fingerprint density at radius 3 is 2.32 bits per heavy atom. The van der Waals surface area contributed by atoms with Crippen LogP contribution in [0.25, 0.3) is 0 Å². The zero-order valence-corrected chi connectivity index (χ0v) is 14.6. The number of methoxy groups -OCH3 is 1. The first-order chi connectivity index (χ1) is 10.6. The number of rotatable bonds is 7. The second-order valence-corrected chi connectivity index (χ2v) is 5.82. The molecule has 4 nitrogen and oxygen atoms in total. The number of carbonyl (C=O) groups excluding carboxylic acids is 1. The molecule has 0 amide bonds. The second kappa shape index (κ2) is 8.03. The first-order valence-electron chi connectivity index (χ1n) is 6.79. The van der Waals surface area contributed by atoms with Gasteiger partial charge in [-0.25, -0.2) is 0 Å². The maximum atomic E-state index is 10.7. The third kappa shape index (κ3) is 4.37. The van der Waals surface area contributed by atoms with Crippen LogP contribution in [0.3, 0.4) is 0 Å². The lowest BCUT2D eigenvalue weighted by atomic mass is 10.2. The third-order valence-electron chi connectivity index (χ3n) is 3.01. The van der Waals surface area contributed by atoms with Crippen LogP contribution in [0.4, 0.5) is 0 Å². The SMILES string of the molecule is COc1cc(C=O)ccc1OCCOc1ccc(C)cc1I. The monoisotopic (exact) mass is 412 g/mol. The number of hydrogen-bond donors (Lipinski definition) is 0. The van der Waals surface area contributed by atoms with Gasteiger partial charge in [0, 0.05) is 5.56 Å². The largest absolute Gasteiger partial charge is 0.493 e. The number of aryl methyl sites for hydroxylation is 1. The van der Waals surface area contributed by atoms with E-state index in [1.54, 1.807) is 25.3 Å². The summed E-state index contributed by atoms with van der Waals surface area (Å²) in [5.74, 6) is 1.97. The second-order valence-electron chi connectivity index (χ2n) is 4.66. The van der Waals surface area contributed by atoms with E-state index in [1.807, 2.05) is 19.1 Å². The molecule has 0 aliphatic heterocycles. The average Bonchev–Trinajstić information content (AvgIpc) is 2.53. The van der Waals surface area contributed by atoms with Crippen LogP contribution in [-0.4, -0.2) is 26.6 Å². The van der Waals surface area contributed by atoms with Gasteiger partial charge in [0.05, 0.1) is 10.7 Å². The van der Waals surface area contributed by atoms with Crippen molar-refractivity contribution in [1.29, 1.82) is 0 Å². The molecule has 5 heteroatoms. The topological polar surface area (TPSA) is 44.8 Å². The van der Waals surface area contributed by atoms with E-state index in [0.717, 1.165) is 15.6 Å². The summed E-state index contributed by atoms with van der Waals surface area (Å²) >= 11 is 2.25. The molecule has 0 spiro atoms. The van der Waals surface area contributed by atoms with Crippen molar-refractivity contribution < 1.29 is 19.0 Å². The maximum absolute atomic E-state index is 10.7. The molecule has 0 radical (unpaired) electrons. The molecule has 0 N–H and O–H groups in total. The molecular weight excluding hydrogens is 395 g/mol. The van der Waals surface area contributed by atoms with Crippen LogP contribution in [-0.2, 0) is 0 Å². The van der Waals surface area contributed by atoms with Gasteiger partial charge in [0.2, 0.25) is 0 Å². The van der Waals surface area contributed by atoms with Gasteiger partial charge in [0.25, 0.3) is 0 Å². The Hall–Kier alpha value is -1.76. The van der Waals surface area contributed by atoms with E-state index in [2.05, 4.69) is 28.7 Å². The van der Waals surface area contributed by atoms with Crippen molar-refractivity contribution in [2.75, 3.05) is 20.3 Å². The maximum Gasteiger partial charge on any atom is 0.161 e. The molecule has 0 heterocycles. The Labute approximate surface area is 143 Å². The van der Waals surface area contributed by atoms with Gasteiger partial charge in [-0.1, -0.05) is 6.07 Å². The van der Waals surface area contributed by atoms with Crippen molar-refractivity contribution in [1.82, 2.24) is 0 Å². The summed E-state index contributed by atoms with van der Waals surface area (Å²) in [6.07, 6.45) is 0.773. The lowest BCUT2D eigenvalue weighted by Gasteiger charge is -2.12. The summed E-state index contributed by atoms with van der Waals surface area (Å²) < 4.78 is 17.6. The molecule has 0 aromatic heterocycles. The molecule has 116 valence electrons. The van der Waals surface area contributed by atoms with Crippen molar-refractivity contribution >= 4 is 28.9 Å². The minimum atomic E-state index is 0.390. The van der Waals surface area contributed by atoms with Crippen LogP contribution in [0.15, 0.2) is 36.4 Å². The van der Waals surface area contributed by atoms with E-state index in [-0.39, 0.29) is 0 Å². The lowest BCUT2D eigenvalue weighted by molar-refractivity contribution is 0.112. The zero-order valence-electron chi connectivity index (χ0n) is 12.5. The Balaban J connectivity index is 1.90. The number of halogens is 1. The molecule has 0 saturated heterocycles. The van der Waals surface area contributed by atoms with Gasteiger partial charge in [-0.05, 0) is 65.4 Å². The number of carbonyl (C=O) groups is 1. The Morgan fingerprint density at radius 2 is 1.68 bits per heavy atom. The van der Waals surface area contributed by atoms with Gasteiger partial charge in [0.1, 0.15) is 25.2 Å². The van der Waals surface area contributed by atoms with Gasteiger partial charge >= 0.3 is 0 Å². The summed E-state index contributed by atoms with van der Waals surface area (Å²) in [6, 6.07) is 11.1. The molecule has 22 heavy (non-hydrogen) atoms. The zero-order chi connectivity index (χ0) is 15.9. The number of benzene rings is 2. The van der Waals surface area contributed by atoms with E-state index in [4.69, 9.17) is 14.2 Å². The van der Waals surface area contributed by atoms with Crippen LogP contribution >= 0.6 is 22.6 Å². The van der Waals surface area contributed by atoms with Crippen molar-refractivity contribution in [2.45, 2.75) is 6.92 Å². The smallest absolute Gasteiger partial charge is 0.161 e. The van der Waals surface area contributed by atoms with Crippen molar-refractivity contribution in [3.63, 3.8) is 0 Å². The van der Waals surface area contributed by atoms with E-state index < -0.39 is 0 Å². The van der Waals surface area contributed by atoms with E-state index in [0.29, 0.717) is 30.3 Å². The minimum Gasteiger partial charge on any atom is -0.493 e. The highest BCUT2D eigenvalue weighted by atomic mass is 127. The van der Waals surface area contributed by atoms with Crippen LogP contribution < -0.4 is 14.2 Å². The van der Waals surface area contributed by atoms with Crippen LogP contribution in [0, 0.1) is 10.5 Å². The molecule has 2 aromatic carbocycles. The van der Waals surface area contributed by atoms with Gasteiger partial charge in [-0.2, -0.15) is 0 Å². The molecule has 2 rings (SSSR count). The van der Waals surface area contributed by atoms with Crippen LogP contribution in [0.2, 0.25) is 0 Å². The summed E-state index contributed by atoms with van der Waals surface area (Å²) in [4.78, 5) is 10.7. The Bertz CT molecular complexity index is 655. The first-order valence-corrected chi connectivity index (χ1v) is 7.87. The number of ether oxygens (including phenoxy) is 3. The Kier molecular flexibility index (Phi) is 6.06. The minimum absolute atomic E-state index is 0.390. The van der Waals surface area contributed by atoms with Gasteiger partial charge in [-0.3, -0.25) is 4.79 Å². The molecule has 0 unspecified atom stereocenters. The molecule has 0 atom stereocenters. The molecule has 0 aliphatic rings. The lowest BCUT2D eigenvalue weighted by Crippen LogP contribution is -2.10. The molecule has 0 saturated carbocycles. The van der Waals surface area contributed by atoms with Crippen LogP contribution in [0.1, 0.15) is 15.9 Å². The van der Waals surface area contributed by atoms with E-state index in [1.165, 1.54) is 5.56 Å². The number of hydrogen-bond acceptors (Lipinski definition) is 4. The molecule has 0 fully saturated rings. The quantitative estimate of drug-likeness (QED) is 0.394. The Morgan fingerprint density at radius 1 is 1.00 bits per heavy atom. The fraction of sp³-hybridized carbons (Fsp3) is 0.235. The molecule has 2 aromatic rings.